The van der Waals surface area contributed by atoms with Crippen molar-refractivity contribution in [3.8, 4) is 17.3 Å². The lowest BCUT2D eigenvalue weighted by Crippen LogP contribution is -2.43. The fourth-order valence-electron chi connectivity index (χ4n) is 8.07. The average molecular weight is 566 g/mol. The molecule has 4 atom stereocenters. The number of aromatic nitrogens is 3. The Hall–Kier alpha value is -2.58. The highest BCUT2D eigenvalue weighted by molar-refractivity contribution is 6.31. The van der Waals surface area contributed by atoms with E-state index < -0.39 is 12.0 Å². The molecule has 1 aromatic carbocycles. The molecule has 9 heteroatoms. The van der Waals surface area contributed by atoms with Crippen LogP contribution in [0.25, 0.3) is 22.2 Å². The normalized spacial score (nSPS) is 29.9. The number of hydrogen-bond donors (Lipinski definition) is 0. The molecule has 0 amide bonds. The summed E-state index contributed by atoms with van der Waals surface area (Å²) in [5, 5.41) is 1.26. The third kappa shape index (κ3) is 4.16. The lowest BCUT2D eigenvalue weighted by molar-refractivity contribution is 0.107. The molecule has 2 aromatic heterocycles. The number of halogens is 3. The van der Waals surface area contributed by atoms with Gasteiger partial charge in [0.2, 0.25) is 0 Å². The summed E-state index contributed by atoms with van der Waals surface area (Å²) in [6, 6.07) is 5.78. The minimum absolute atomic E-state index is 0.161. The number of fused-ring (bicyclic) bond motifs is 4. The molecule has 2 bridgehead atoms. The van der Waals surface area contributed by atoms with Crippen molar-refractivity contribution in [1.29, 1.82) is 0 Å². The Labute approximate surface area is 238 Å². The molecule has 3 aliphatic heterocycles. The molecule has 3 saturated heterocycles. The maximum Gasteiger partial charge on any atom is 0.319 e. The number of anilines is 1. The van der Waals surface area contributed by atoms with Gasteiger partial charge in [-0.15, -0.1) is 0 Å². The Kier molecular flexibility index (Phi) is 5.96. The summed E-state index contributed by atoms with van der Waals surface area (Å²) >= 11 is 6.59. The predicted octanol–water partition coefficient (Wildman–Crippen LogP) is 6.55. The van der Waals surface area contributed by atoms with Crippen molar-refractivity contribution in [3.63, 3.8) is 0 Å². The molecule has 0 N–H and O–H groups in total. The lowest BCUT2D eigenvalue weighted by atomic mass is 9.95. The number of ether oxygens (including phenoxy) is 1. The molecule has 5 fully saturated rings. The highest BCUT2D eigenvalue weighted by Gasteiger charge is 2.49. The molecular formula is C31H34ClF2N5O. The van der Waals surface area contributed by atoms with Crippen LogP contribution in [0.5, 0.6) is 6.01 Å². The van der Waals surface area contributed by atoms with E-state index in [-0.39, 0.29) is 22.8 Å². The van der Waals surface area contributed by atoms with Gasteiger partial charge in [0.15, 0.2) is 5.82 Å². The van der Waals surface area contributed by atoms with Crippen LogP contribution in [0.15, 0.2) is 24.4 Å². The second-order valence-electron chi connectivity index (χ2n) is 12.8. The molecule has 5 heterocycles. The summed E-state index contributed by atoms with van der Waals surface area (Å²) in [5.74, 6) is 1.81. The minimum Gasteiger partial charge on any atom is -0.461 e. The van der Waals surface area contributed by atoms with E-state index >= 15 is 4.39 Å². The van der Waals surface area contributed by atoms with Crippen LogP contribution < -0.4 is 9.64 Å². The van der Waals surface area contributed by atoms with E-state index in [2.05, 4.69) is 19.8 Å². The fourth-order valence-corrected chi connectivity index (χ4v) is 8.40. The highest BCUT2D eigenvalue weighted by atomic mass is 35.5. The first kappa shape index (κ1) is 25.2. The van der Waals surface area contributed by atoms with Crippen molar-refractivity contribution >= 4 is 28.3 Å². The third-order valence-electron chi connectivity index (χ3n) is 10.1. The summed E-state index contributed by atoms with van der Waals surface area (Å²) in [4.78, 5) is 18.7. The van der Waals surface area contributed by atoms with E-state index in [0.29, 0.717) is 53.6 Å². The smallest absolute Gasteiger partial charge is 0.319 e. The second-order valence-corrected chi connectivity index (χ2v) is 13.2. The number of piperidine rings is 1. The van der Waals surface area contributed by atoms with Gasteiger partial charge in [-0.25, -0.2) is 8.78 Å². The number of nitrogens with zero attached hydrogens (tertiary/aromatic N) is 5. The van der Waals surface area contributed by atoms with Gasteiger partial charge in [-0.1, -0.05) is 23.7 Å². The summed E-state index contributed by atoms with van der Waals surface area (Å²) in [6.45, 7) is 3.44. The number of rotatable bonds is 6. The highest BCUT2D eigenvalue weighted by Crippen LogP contribution is 2.48. The van der Waals surface area contributed by atoms with Crippen LogP contribution in [0.3, 0.4) is 0 Å². The maximum absolute atomic E-state index is 16.5. The van der Waals surface area contributed by atoms with Crippen LogP contribution in [0.4, 0.5) is 14.6 Å². The van der Waals surface area contributed by atoms with Crippen molar-refractivity contribution in [2.24, 2.45) is 11.8 Å². The van der Waals surface area contributed by atoms with Crippen LogP contribution in [0.1, 0.15) is 62.8 Å². The fraction of sp³-hybridized carbons (Fsp3) is 0.581. The molecule has 2 unspecified atom stereocenters. The Morgan fingerprint density at radius 2 is 1.90 bits per heavy atom. The van der Waals surface area contributed by atoms with Gasteiger partial charge in [-0.05, 0) is 80.9 Å². The summed E-state index contributed by atoms with van der Waals surface area (Å²) < 4.78 is 37.2. The van der Waals surface area contributed by atoms with Gasteiger partial charge in [0.25, 0.3) is 0 Å². The standard InChI is InChI=1S/C31H34ClF2N5O/c32-24-4-1-3-22(25(24)20-7-8-20)27-26(34)28-23(13-35-27)29(38-14-18-5-6-19(11-18)15-38)37-30(36-28)40-17-31-9-2-10-39(31)16-21(33)12-31/h1,3-4,13,18-21H,2,5-12,14-17H2/t18?,19?,21-,31+/m1/s1. The lowest BCUT2D eigenvalue weighted by Gasteiger charge is -2.34. The van der Waals surface area contributed by atoms with Crippen molar-refractivity contribution in [2.75, 3.05) is 37.7 Å². The van der Waals surface area contributed by atoms with Crippen LogP contribution >= 0.6 is 11.6 Å². The van der Waals surface area contributed by atoms with E-state index in [1.807, 2.05) is 18.2 Å². The number of benzene rings is 1. The van der Waals surface area contributed by atoms with Crippen LogP contribution in [-0.4, -0.2) is 64.3 Å². The van der Waals surface area contributed by atoms with Gasteiger partial charge in [-0.2, -0.15) is 9.97 Å². The molecule has 2 saturated carbocycles. The zero-order valence-corrected chi connectivity index (χ0v) is 23.3. The van der Waals surface area contributed by atoms with E-state index in [1.165, 1.54) is 19.3 Å². The molecule has 0 spiro atoms. The molecule has 6 nitrogen and oxygen atoms in total. The van der Waals surface area contributed by atoms with Crippen LogP contribution in [0, 0.1) is 17.7 Å². The summed E-state index contributed by atoms with van der Waals surface area (Å²) in [6.07, 6.45) is 9.07. The van der Waals surface area contributed by atoms with Gasteiger partial charge < -0.3 is 9.64 Å². The van der Waals surface area contributed by atoms with Crippen molar-refractivity contribution in [2.45, 2.75) is 69.0 Å². The number of hydrogen-bond acceptors (Lipinski definition) is 6. The molecular weight excluding hydrogens is 532 g/mol. The van der Waals surface area contributed by atoms with Gasteiger partial charge in [0, 0.05) is 42.8 Å². The molecule has 5 aliphatic rings. The molecule has 8 rings (SSSR count). The second kappa shape index (κ2) is 9.48. The Bertz CT molecular complexity index is 1470. The largest absolute Gasteiger partial charge is 0.461 e. The van der Waals surface area contributed by atoms with E-state index in [1.54, 1.807) is 6.20 Å². The topological polar surface area (TPSA) is 54.4 Å². The van der Waals surface area contributed by atoms with Crippen LogP contribution in [-0.2, 0) is 0 Å². The quantitative estimate of drug-likeness (QED) is 0.338. The number of pyridine rings is 1. The maximum atomic E-state index is 16.5. The van der Waals surface area contributed by atoms with E-state index in [4.69, 9.17) is 21.3 Å². The summed E-state index contributed by atoms with van der Waals surface area (Å²) in [7, 11) is 0. The van der Waals surface area contributed by atoms with Crippen LogP contribution in [0.2, 0.25) is 5.02 Å². The minimum atomic E-state index is -0.842. The first-order valence-electron chi connectivity index (χ1n) is 14.9. The van der Waals surface area contributed by atoms with Gasteiger partial charge in [-0.3, -0.25) is 9.88 Å². The molecule has 0 radical (unpaired) electrons. The monoisotopic (exact) mass is 565 g/mol. The Morgan fingerprint density at radius 3 is 2.70 bits per heavy atom. The Balaban J connectivity index is 1.22. The van der Waals surface area contributed by atoms with E-state index in [9.17, 15) is 4.39 Å². The Morgan fingerprint density at radius 1 is 1.07 bits per heavy atom. The predicted molar refractivity (Wildman–Crippen MR) is 151 cm³/mol. The average Bonchev–Trinajstić information content (AvgIpc) is 3.52. The molecule has 2 aliphatic carbocycles. The third-order valence-corrected chi connectivity index (χ3v) is 10.4. The zero-order chi connectivity index (χ0) is 27.0. The first-order chi connectivity index (χ1) is 19.5. The molecule has 40 heavy (non-hydrogen) atoms. The number of alkyl halides is 1. The zero-order valence-electron chi connectivity index (χ0n) is 22.6. The van der Waals surface area contributed by atoms with Gasteiger partial charge in [0.05, 0.1) is 10.9 Å². The molecule has 3 aromatic rings. The van der Waals surface area contributed by atoms with Gasteiger partial charge >= 0.3 is 6.01 Å². The molecule has 210 valence electrons. The summed E-state index contributed by atoms with van der Waals surface area (Å²) in [5.41, 5.74) is 1.86. The van der Waals surface area contributed by atoms with Crippen molar-refractivity contribution in [1.82, 2.24) is 19.9 Å². The van der Waals surface area contributed by atoms with Crippen molar-refractivity contribution < 1.29 is 13.5 Å². The first-order valence-corrected chi connectivity index (χ1v) is 15.3. The van der Waals surface area contributed by atoms with Crippen molar-refractivity contribution in [3.05, 3.63) is 40.8 Å². The van der Waals surface area contributed by atoms with Gasteiger partial charge in [0.1, 0.15) is 29.8 Å². The SMILES string of the molecule is Fc1c(-c2cccc(Cl)c2C2CC2)ncc2c(N3CC4CCC(C4)C3)nc(OC[C@@]34CCCN3C[C@H](F)C4)nc12. The van der Waals surface area contributed by atoms with E-state index in [0.717, 1.165) is 56.4 Å².